The molecule has 0 spiro atoms. The van der Waals surface area contributed by atoms with Crippen LogP contribution in [0.1, 0.15) is 43.1 Å². The van der Waals surface area contributed by atoms with Crippen LogP contribution in [-0.2, 0) is 0 Å². The first kappa shape index (κ1) is 13.8. The SMILES string of the molecule is CCN(C(=O)c1n[nH]c(=O)c2ccccc12)C1CCCC1. The first-order chi connectivity index (χ1) is 10.2. The van der Waals surface area contributed by atoms with E-state index in [1.807, 2.05) is 17.9 Å². The van der Waals surface area contributed by atoms with Crippen LogP contribution in [0.4, 0.5) is 0 Å². The number of hydrogen-bond donors (Lipinski definition) is 1. The molecule has 0 saturated heterocycles. The normalized spacial score (nSPS) is 15.5. The molecular weight excluding hydrogens is 266 g/mol. The lowest BCUT2D eigenvalue weighted by atomic mass is 10.1. The standard InChI is InChI=1S/C16H19N3O2/c1-2-19(11-7-3-4-8-11)16(21)14-12-9-5-6-10-13(12)15(20)18-17-14/h5-6,9-11H,2-4,7-8H2,1H3,(H,18,20). The van der Waals surface area contributed by atoms with Gasteiger partial charge in [-0.1, -0.05) is 31.0 Å². The number of rotatable bonds is 3. The van der Waals surface area contributed by atoms with Crippen LogP contribution in [0.5, 0.6) is 0 Å². The zero-order valence-corrected chi connectivity index (χ0v) is 12.1. The Morgan fingerprint density at radius 1 is 1.29 bits per heavy atom. The Morgan fingerprint density at radius 2 is 1.95 bits per heavy atom. The van der Waals surface area contributed by atoms with Crippen LogP contribution in [0.25, 0.3) is 10.8 Å². The fourth-order valence-corrected chi connectivity index (χ4v) is 3.20. The summed E-state index contributed by atoms with van der Waals surface area (Å²) < 4.78 is 0. The summed E-state index contributed by atoms with van der Waals surface area (Å²) in [6, 6.07) is 7.42. The van der Waals surface area contributed by atoms with E-state index in [-0.39, 0.29) is 11.5 Å². The van der Waals surface area contributed by atoms with Crippen LogP contribution in [0, 0.1) is 0 Å². The molecule has 0 aliphatic heterocycles. The maximum atomic E-state index is 12.8. The van der Waals surface area contributed by atoms with Gasteiger partial charge < -0.3 is 4.90 Å². The van der Waals surface area contributed by atoms with Gasteiger partial charge in [0.1, 0.15) is 0 Å². The Bertz CT molecular complexity index is 717. The Balaban J connectivity index is 2.05. The van der Waals surface area contributed by atoms with Crippen molar-refractivity contribution in [2.45, 2.75) is 38.6 Å². The molecular formula is C16H19N3O2. The fraction of sp³-hybridized carbons (Fsp3) is 0.438. The van der Waals surface area contributed by atoms with E-state index in [1.54, 1.807) is 18.2 Å². The number of aromatic nitrogens is 2. The van der Waals surface area contributed by atoms with Crippen molar-refractivity contribution in [2.75, 3.05) is 6.54 Å². The second-order valence-corrected chi connectivity index (χ2v) is 5.48. The molecule has 1 amide bonds. The maximum absolute atomic E-state index is 12.8. The molecule has 0 unspecified atom stereocenters. The van der Waals surface area contributed by atoms with Crippen LogP contribution < -0.4 is 5.56 Å². The van der Waals surface area contributed by atoms with Crippen LogP contribution >= 0.6 is 0 Å². The molecule has 0 atom stereocenters. The number of nitrogens with zero attached hydrogens (tertiary/aromatic N) is 2. The van der Waals surface area contributed by atoms with Crippen molar-refractivity contribution >= 4 is 16.7 Å². The van der Waals surface area contributed by atoms with Crippen LogP contribution in [0.15, 0.2) is 29.1 Å². The van der Waals surface area contributed by atoms with Gasteiger partial charge in [-0.2, -0.15) is 5.10 Å². The van der Waals surface area contributed by atoms with E-state index in [2.05, 4.69) is 10.2 Å². The summed E-state index contributed by atoms with van der Waals surface area (Å²) >= 11 is 0. The van der Waals surface area contributed by atoms with Crippen molar-refractivity contribution in [1.82, 2.24) is 15.1 Å². The van der Waals surface area contributed by atoms with Crippen molar-refractivity contribution in [3.8, 4) is 0 Å². The first-order valence-corrected chi connectivity index (χ1v) is 7.50. The quantitative estimate of drug-likeness (QED) is 0.941. The first-order valence-electron chi connectivity index (χ1n) is 7.50. The summed E-state index contributed by atoms with van der Waals surface area (Å²) in [4.78, 5) is 26.5. The molecule has 1 fully saturated rings. The minimum Gasteiger partial charge on any atom is -0.335 e. The summed E-state index contributed by atoms with van der Waals surface area (Å²) in [5.41, 5.74) is 0.0880. The van der Waals surface area contributed by atoms with Gasteiger partial charge >= 0.3 is 0 Å². The van der Waals surface area contributed by atoms with Gasteiger partial charge in [-0.15, -0.1) is 0 Å². The summed E-state index contributed by atoms with van der Waals surface area (Å²) in [6.07, 6.45) is 4.46. The van der Waals surface area contributed by atoms with Crippen molar-refractivity contribution in [3.05, 3.63) is 40.3 Å². The Labute approximate surface area is 123 Å². The highest BCUT2D eigenvalue weighted by atomic mass is 16.2. The summed E-state index contributed by atoms with van der Waals surface area (Å²) in [5.74, 6) is -0.0862. The predicted octanol–water partition coefficient (Wildman–Crippen LogP) is 2.33. The van der Waals surface area contributed by atoms with Crippen LogP contribution in [0.2, 0.25) is 0 Å². The average Bonchev–Trinajstić information content (AvgIpc) is 3.03. The molecule has 5 heteroatoms. The number of carbonyl (C=O) groups excluding carboxylic acids is 1. The van der Waals surface area contributed by atoms with E-state index in [0.29, 0.717) is 29.1 Å². The third-order valence-corrected chi connectivity index (χ3v) is 4.27. The molecule has 1 aliphatic rings. The predicted molar refractivity (Wildman–Crippen MR) is 81.3 cm³/mol. The minimum absolute atomic E-state index is 0.0862. The third-order valence-electron chi connectivity index (χ3n) is 4.27. The summed E-state index contributed by atoms with van der Waals surface area (Å²) in [7, 11) is 0. The van der Waals surface area contributed by atoms with Crippen molar-refractivity contribution in [1.29, 1.82) is 0 Å². The molecule has 1 aromatic carbocycles. The number of carbonyl (C=O) groups is 1. The lowest BCUT2D eigenvalue weighted by Gasteiger charge is -2.27. The van der Waals surface area contributed by atoms with Gasteiger partial charge in [0.05, 0.1) is 5.39 Å². The van der Waals surface area contributed by atoms with Gasteiger partial charge in [0.25, 0.3) is 11.5 Å². The second-order valence-electron chi connectivity index (χ2n) is 5.48. The molecule has 2 aromatic rings. The third kappa shape index (κ3) is 2.44. The zero-order chi connectivity index (χ0) is 14.8. The highest BCUT2D eigenvalue weighted by Gasteiger charge is 2.28. The van der Waals surface area contributed by atoms with Gasteiger partial charge in [0.15, 0.2) is 5.69 Å². The lowest BCUT2D eigenvalue weighted by molar-refractivity contribution is 0.0688. The fourth-order valence-electron chi connectivity index (χ4n) is 3.20. The number of hydrogen-bond acceptors (Lipinski definition) is 3. The molecule has 5 nitrogen and oxygen atoms in total. The molecule has 110 valence electrons. The summed E-state index contributed by atoms with van der Waals surface area (Å²) in [5, 5.41) is 7.60. The molecule has 21 heavy (non-hydrogen) atoms. The van der Waals surface area contributed by atoms with E-state index >= 15 is 0 Å². The largest absolute Gasteiger partial charge is 0.335 e. The van der Waals surface area contributed by atoms with E-state index in [1.165, 1.54) is 12.8 Å². The number of amides is 1. The molecule has 3 rings (SSSR count). The number of H-pyrrole nitrogens is 1. The molecule has 1 aliphatic carbocycles. The Kier molecular flexibility index (Phi) is 3.73. The van der Waals surface area contributed by atoms with Gasteiger partial charge in [-0.25, -0.2) is 5.10 Å². The van der Waals surface area contributed by atoms with Gasteiger partial charge in [-0.3, -0.25) is 9.59 Å². The molecule has 1 saturated carbocycles. The molecule has 1 heterocycles. The van der Waals surface area contributed by atoms with Crippen molar-refractivity contribution in [2.24, 2.45) is 0 Å². The molecule has 1 aromatic heterocycles. The molecule has 0 bridgehead atoms. The average molecular weight is 285 g/mol. The molecule has 1 N–H and O–H groups in total. The topological polar surface area (TPSA) is 66.1 Å². The highest BCUT2D eigenvalue weighted by Crippen LogP contribution is 2.25. The van der Waals surface area contributed by atoms with E-state index in [4.69, 9.17) is 0 Å². The van der Waals surface area contributed by atoms with Crippen molar-refractivity contribution in [3.63, 3.8) is 0 Å². The minimum atomic E-state index is -0.258. The van der Waals surface area contributed by atoms with E-state index in [9.17, 15) is 9.59 Å². The van der Waals surface area contributed by atoms with E-state index in [0.717, 1.165) is 12.8 Å². The van der Waals surface area contributed by atoms with Crippen molar-refractivity contribution < 1.29 is 4.79 Å². The second kappa shape index (κ2) is 5.68. The van der Waals surface area contributed by atoms with Gasteiger partial charge in [-0.05, 0) is 25.8 Å². The Morgan fingerprint density at radius 3 is 2.62 bits per heavy atom. The lowest BCUT2D eigenvalue weighted by Crippen LogP contribution is -2.39. The molecule has 0 radical (unpaired) electrons. The number of nitrogens with one attached hydrogen (secondary N) is 1. The smallest absolute Gasteiger partial charge is 0.275 e. The van der Waals surface area contributed by atoms with Crippen LogP contribution in [-0.4, -0.2) is 33.6 Å². The summed E-state index contributed by atoms with van der Waals surface area (Å²) in [6.45, 7) is 2.66. The van der Waals surface area contributed by atoms with Gasteiger partial charge in [0, 0.05) is 18.0 Å². The van der Waals surface area contributed by atoms with E-state index < -0.39 is 0 Å². The van der Waals surface area contributed by atoms with Gasteiger partial charge in [0.2, 0.25) is 0 Å². The van der Waals surface area contributed by atoms with Crippen LogP contribution in [0.3, 0.4) is 0 Å². The highest BCUT2D eigenvalue weighted by molar-refractivity contribution is 6.04. The number of aromatic amines is 1. The number of benzene rings is 1. The maximum Gasteiger partial charge on any atom is 0.275 e. The number of fused-ring (bicyclic) bond motifs is 1. The zero-order valence-electron chi connectivity index (χ0n) is 12.1. The Hall–Kier alpha value is -2.17. The monoisotopic (exact) mass is 285 g/mol.